The van der Waals surface area contributed by atoms with E-state index in [0.29, 0.717) is 10.5 Å². The summed E-state index contributed by atoms with van der Waals surface area (Å²) in [5.74, 6) is -0.776. The zero-order chi connectivity index (χ0) is 20.3. The highest BCUT2D eigenvalue weighted by atomic mass is 32.2. The van der Waals surface area contributed by atoms with Crippen molar-refractivity contribution < 1.29 is 9.59 Å². The maximum atomic E-state index is 12.7. The number of rotatable bonds is 4. The fourth-order valence-electron chi connectivity index (χ4n) is 2.61. The van der Waals surface area contributed by atoms with Gasteiger partial charge >= 0.3 is 0 Å². The van der Waals surface area contributed by atoms with E-state index in [1.165, 1.54) is 0 Å². The number of aryl methyl sites for hydroxylation is 1. The van der Waals surface area contributed by atoms with E-state index >= 15 is 0 Å². The summed E-state index contributed by atoms with van der Waals surface area (Å²) in [5.41, 5.74) is 3.63. The lowest BCUT2D eigenvalue weighted by Crippen LogP contribution is -2.34. The topological polar surface area (TPSA) is 40.6 Å². The first-order chi connectivity index (χ1) is 13.4. The number of imide groups is 1. The molecule has 0 aromatic heterocycles. The van der Waals surface area contributed by atoms with Crippen molar-refractivity contribution in [3.8, 4) is 0 Å². The molecule has 2 aromatic rings. The smallest absolute Gasteiger partial charge is 0.273 e. The van der Waals surface area contributed by atoms with Crippen LogP contribution in [-0.4, -0.2) is 35.1 Å². The van der Waals surface area contributed by atoms with Gasteiger partial charge in [-0.2, -0.15) is 0 Å². The maximum Gasteiger partial charge on any atom is 0.273 e. The summed E-state index contributed by atoms with van der Waals surface area (Å²) >= 11 is 6.40. The number of carbonyl (C=O) groups excluding carboxylic acids is 2. The largest absolute Gasteiger partial charge is 0.378 e. The zero-order valence-electron chi connectivity index (χ0n) is 15.9. The number of hydrogen-bond acceptors (Lipinski definition) is 5. The van der Waals surface area contributed by atoms with Gasteiger partial charge in [-0.1, -0.05) is 66.0 Å². The Morgan fingerprint density at radius 2 is 1.71 bits per heavy atom. The van der Waals surface area contributed by atoms with Crippen molar-refractivity contribution in [1.29, 1.82) is 0 Å². The van der Waals surface area contributed by atoms with E-state index in [9.17, 15) is 9.59 Å². The molecule has 0 aliphatic carbocycles. The number of amides is 2. The van der Waals surface area contributed by atoms with Crippen molar-refractivity contribution >= 4 is 51.9 Å². The molecule has 2 aromatic carbocycles. The predicted octanol–water partition coefficient (Wildman–Crippen LogP) is 4.66. The van der Waals surface area contributed by atoms with Gasteiger partial charge in [0, 0.05) is 25.3 Å². The highest BCUT2D eigenvalue weighted by Gasteiger charge is 2.36. The maximum absolute atomic E-state index is 12.7. The predicted molar refractivity (Wildman–Crippen MR) is 120 cm³/mol. The van der Waals surface area contributed by atoms with Crippen LogP contribution >= 0.6 is 24.0 Å². The molecular weight excluding hydrogens is 388 g/mol. The highest BCUT2D eigenvalue weighted by molar-refractivity contribution is 8.26. The van der Waals surface area contributed by atoms with Crippen LogP contribution in [-0.2, 0) is 4.79 Å². The van der Waals surface area contributed by atoms with Gasteiger partial charge in [-0.15, -0.1) is 0 Å². The number of anilines is 1. The van der Waals surface area contributed by atoms with E-state index in [4.69, 9.17) is 12.2 Å². The Kier molecular flexibility index (Phi) is 6.11. The monoisotopic (exact) mass is 408 g/mol. The second kappa shape index (κ2) is 8.54. The molecule has 0 bridgehead atoms. The van der Waals surface area contributed by atoms with Crippen LogP contribution in [0.15, 0.2) is 65.6 Å². The van der Waals surface area contributed by atoms with E-state index in [1.807, 2.05) is 68.4 Å². The molecule has 1 fully saturated rings. The molecule has 0 unspecified atom stereocenters. The lowest BCUT2D eigenvalue weighted by molar-refractivity contribution is -0.120. The molecule has 6 heteroatoms. The second-order valence-electron chi connectivity index (χ2n) is 6.56. The summed E-state index contributed by atoms with van der Waals surface area (Å²) in [6.07, 6.45) is 5.41. The van der Waals surface area contributed by atoms with Crippen LogP contribution < -0.4 is 4.90 Å². The Balaban J connectivity index is 1.73. The number of thioether (sulfide) groups is 1. The van der Waals surface area contributed by atoms with Crippen LogP contribution in [0.2, 0.25) is 0 Å². The van der Waals surface area contributed by atoms with Crippen LogP contribution in [0.25, 0.3) is 6.08 Å². The van der Waals surface area contributed by atoms with Crippen molar-refractivity contribution in [2.75, 3.05) is 19.0 Å². The van der Waals surface area contributed by atoms with Crippen molar-refractivity contribution in [1.82, 2.24) is 4.90 Å². The summed E-state index contributed by atoms with van der Waals surface area (Å²) in [6, 6.07) is 15.2. The van der Waals surface area contributed by atoms with Gasteiger partial charge in [0.05, 0.1) is 4.91 Å². The molecule has 3 rings (SSSR count). The quantitative estimate of drug-likeness (QED) is 0.418. The van der Waals surface area contributed by atoms with Crippen molar-refractivity contribution in [2.24, 2.45) is 0 Å². The van der Waals surface area contributed by atoms with E-state index in [-0.39, 0.29) is 10.2 Å². The number of thiocarbonyl (C=S) groups is 1. The minimum atomic E-state index is -0.394. The van der Waals surface area contributed by atoms with Crippen molar-refractivity contribution in [2.45, 2.75) is 6.92 Å². The molecule has 28 heavy (non-hydrogen) atoms. The number of benzene rings is 2. The third-order valence-corrected chi connectivity index (χ3v) is 5.56. The van der Waals surface area contributed by atoms with E-state index < -0.39 is 5.91 Å². The van der Waals surface area contributed by atoms with Crippen LogP contribution in [0.5, 0.6) is 0 Å². The molecule has 0 N–H and O–H groups in total. The Labute approximate surface area is 174 Å². The number of allylic oxidation sites excluding steroid dienone is 2. The van der Waals surface area contributed by atoms with Crippen LogP contribution in [0.3, 0.4) is 0 Å². The minimum Gasteiger partial charge on any atom is -0.378 e. The number of hydrogen-bond donors (Lipinski definition) is 0. The van der Waals surface area contributed by atoms with Gasteiger partial charge in [0.2, 0.25) is 0 Å². The molecule has 4 nitrogen and oxygen atoms in total. The molecule has 0 atom stereocenters. The van der Waals surface area contributed by atoms with Gasteiger partial charge in [0.15, 0.2) is 4.32 Å². The van der Waals surface area contributed by atoms with Crippen molar-refractivity contribution in [3.63, 3.8) is 0 Å². The molecule has 0 radical (unpaired) electrons. The fraction of sp³-hybridized carbons (Fsp3) is 0.136. The van der Waals surface area contributed by atoms with Crippen molar-refractivity contribution in [3.05, 3.63) is 82.3 Å². The SMILES string of the molecule is Cc1ccc(C(=O)N2C(=O)C(=CC=Cc3ccc(N(C)C)cc3)SC2=S)cc1. The average molecular weight is 409 g/mol. The summed E-state index contributed by atoms with van der Waals surface area (Å²) < 4.78 is 0.255. The third kappa shape index (κ3) is 4.40. The van der Waals surface area contributed by atoms with Gasteiger partial charge in [0.1, 0.15) is 0 Å². The number of nitrogens with zero attached hydrogens (tertiary/aromatic N) is 2. The standard InChI is InChI=1S/C22H20N2O2S2/c1-15-7-11-17(12-8-15)20(25)24-21(26)19(28-22(24)27)6-4-5-16-9-13-18(14-10-16)23(2)3/h4-14H,1-3H3. The third-order valence-electron chi connectivity index (χ3n) is 4.24. The highest BCUT2D eigenvalue weighted by Crippen LogP contribution is 2.32. The summed E-state index contributed by atoms with van der Waals surface area (Å²) in [5, 5.41) is 0. The van der Waals surface area contributed by atoms with Crippen LogP contribution in [0.1, 0.15) is 21.5 Å². The molecule has 1 saturated heterocycles. The fourth-order valence-corrected chi connectivity index (χ4v) is 3.82. The molecule has 2 amide bonds. The lowest BCUT2D eigenvalue weighted by atomic mass is 10.1. The number of carbonyl (C=O) groups is 2. The molecule has 0 spiro atoms. The normalized spacial score (nSPS) is 15.7. The average Bonchev–Trinajstić information content (AvgIpc) is 2.95. The van der Waals surface area contributed by atoms with Crippen LogP contribution in [0, 0.1) is 6.92 Å². The van der Waals surface area contributed by atoms with E-state index in [2.05, 4.69) is 0 Å². The molecule has 1 heterocycles. The zero-order valence-corrected chi connectivity index (χ0v) is 17.5. The first-order valence-electron chi connectivity index (χ1n) is 8.70. The molecule has 142 valence electrons. The lowest BCUT2D eigenvalue weighted by Gasteiger charge is -2.12. The van der Waals surface area contributed by atoms with Gasteiger partial charge in [-0.05, 0) is 42.8 Å². The first-order valence-corrected chi connectivity index (χ1v) is 9.92. The molecule has 1 aliphatic heterocycles. The van der Waals surface area contributed by atoms with Crippen LogP contribution in [0.4, 0.5) is 5.69 Å². The minimum absolute atomic E-state index is 0.255. The van der Waals surface area contributed by atoms with E-state index in [0.717, 1.165) is 33.5 Å². The van der Waals surface area contributed by atoms with Gasteiger partial charge in [-0.3, -0.25) is 9.59 Å². The van der Waals surface area contributed by atoms with Gasteiger partial charge in [-0.25, -0.2) is 4.90 Å². The first kappa shape index (κ1) is 20.0. The Hall–Kier alpha value is -2.70. The summed E-state index contributed by atoms with van der Waals surface area (Å²) in [6.45, 7) is 1.94. The Morgan fingerprint density at radius 3 is 2.32 bits per heavy atom. The molecule has 0 saturated carbocycles. The Bertz CT molecular complexity index is 975. The van der Waals surface area contributed by atoms with Gasteiger partial charge in [0.25, 0.3) is 11.8 Å². The summed E-state index contributed by atoms with van der Waals surface area (Å²) in [7, 11) is 3.98. The summed E-state index contributed by atoms with van der Waals surface area (Å²) in [4.78, 5) is 28.8. The van der Waals surface area contributed by atoms with Gasteiger partial charge < -0.3 is 4.90 Å². The molecule has 1 aliphatic rings. The van der Waals surface area contributed by atoms with E-state index in [1.54, 1.807) is 24.3 Å². The Morgan fingerprint density at radius 1 is 1.07 bits per heavy atom. The second-order valence-corrected chi connectivity index (χ2v) is 8.23. The molecular formula is C22H20N2O2S2.